The second-order valence-corrected chi connectivity index (χ2v) is 1.71. The molecular formula is C5H13B. The van der Waals surface area contributed by atoms with Crippen LogP contribution in [0.4, 0.5) is 0 Å². The third-order valence-corrected chi connectivity index (χ3v) is 0.957. The molecule has 0 aromatic rings. The van der Waals surface area contributed by atoms with E-state index >= 15 is 0 Å². The van der Waals surface area contributed by atoms with Gasteiger partial charge in [-0.3, -0.25) is 0 Å². The van der Waals surface area contributed by atoms with Gasteiger partial charge in [-0.15, -0.1) is 0 Å². The van der Waals surface area contributed by atoms with Crippen LogP contribution in [0.2, 0.25) is 6.32 Å². The van der Waals surface area contributed by atoms with Crippen molar-refractivity contribution in [2.45, 2.75) is 32.5 Å². The Kier molecular flexibility index (Phi) is 5.12. The van der Waals surface area contributed by atoms with E-state index < -0.39 is 0 Å². The summed E-state index contributed by atoms with van der Waals surface area (Å²) in [5.74, 6) is 0. The van der Waals surface area contributed by atoms with Crippen LogP contribution in [0.3, 0.4) is 0 Å². The van der Waals surface area contributed by atoms with E-state index in [1.54, 1.807) is 0 Å². The van der Waals surface area contributed by atoms with E-state index in [0.29, 0.717) is 0 Å². The summed E-state index contributed by atoms with van der Waals surface area (Å²) in [5, 5.41) is 0. The van der Waals surface area contributed by atoms with Crippen LogP contribution in [0.25, 0.3) is 0 Å². The fourth-order valence-corrected chi connectivity index (χ4v) is 0.500. The first-order chi connectivity index (χ1) is 2.91. The Labute approximate surface area is 41.4 Å². The van der Waals surface area contributed by atoms with Crippen molar-refractivity contribution < 1.29 is 0 Å². The first kappa shape index (κ1) is 6.06. The smallest absolute Gasteiger partial charge is 0.0811 e. The molecule has 0 N–H and O–H groups in total. The van der Waals surface area contributed by atoms with E-state index in [-0.39, 0.29) is 0 Å². The molecule has 0 spiro atoms. The Hall–Kier alpha value is 0.0649. The molecule has 0 aliphatic rings. The predicted molar refractivity (Wildman–Crippen MR) is 32.9 cm³/mol. The Morgan fingerprint density at radius 1 is 1.33 bits per heavy atom. The molecule has 0 atom stereocenters. The fraction of sp³-hybridized carbons (Fsp3) is 1.00. The van der Waals surface area contributed by atoms with Gasteiger partial charge in [0.1, 0.15) is 7.85 Å². The van der Waals surface area contributed by atoms with Crippen LogP contribution in [-0.4, -0.2) is 7.85 Å². The SMILES string of the molecule is BCCCCC. The minimum atomic E-state index is 1.36. The summed E-state index contributed by atoms with van der Waals surface area (Å²) in [7, 11) is 2.23. The molecule has 0 amide bonds. The van der Waals surface area contributed by atoms with Gasteiger partial charge >= 0.3 is 0 Å². The highest BCUT2D eigenvalue weighted by Gasteiger charge is 1.75. The summed E-state index contributed by atoms with van der Waals surface area (Å²) >= 11 is 0. The molecule has 0 radical (unpaired) electrons. The maximum Gasteiger partial charge on any atom is 0.101 e. The van der Waals surface area contributed by atoms with Crippen molar-refractivity contribution in [3.63, 3.8) is 0 Å². The second kappa shape index (κ2) is 5.06. The van der Waals surface area contributed by atoms with Gasteiger partial charge in [0.2, 0.25) is 0 Å². The lowest BCUT2D eigenvalue weighted by Gasteiger charge is -1.86. The van der Waals surface area contributed by atoms with Gasteiger partial charge in [0.15, 0.2) is 0 Å². The van der Waals surface area contributed by atoms with Crippen molar-refractivity contribution >= 4 is 7.85 Å². The van der Waals surface area contributed by atoms with Gasteiger partial charge in [-0.2, -0.15) is 0 Å². The lowest BCUT2D eigenvalue weighted by Crippen LogP contribution is -1.69. The first-order valence-electron chi connectivity index (χ1n) is 2.91. The lowest BCUT2D eigenvalue weighted by atomic mass is 10.00. The van der Waals surface area contributed by atoms with Crippen LogP contribution < -0.4 is 0 Å². The minimum absolute atomic E-state index is 1.36. The third-order valence-electron chi connectivity index (χ3n) is 0.957. The third kappa shape index (κ3) is 4.06. The quantitative estimate of drug-likeness (QED) is 0.356. The van der Waals surface area contributed by atoms with Gasteiger partial charge in [-0.1, -0.05) is 32.5 Å². The number of rotatable bonds is 3. The van der Waals surface area contributed by atoms with Gasteiger partial charge in [-0.05, 0) is 0 Å². The summed E-state index contributed by atoms with van der Waals surface area (Å²) in [6, 6.07) is 0. The maximum atomic E-state index is 2.23. The van der Waals surface area contributed by atoms with E-state index in [1.165, 1.54) is 25.6 Å². The fourth-order valence-electron chi connectivity index (χ4n) is 0.500. The monoisotopic (exact) mass is 84.1 g/mol. The highest BCUT2D eigenvalue weighted by molar-refractivity contribution is 6.08. The molecular weight excluding hydrogens is 70.9 g/mol. The van der Waals surface area contributed by atoms with E-state index in [9.17, 15) is 0 Å². The predicted octanol–water partition coefficient (Wildman–Crippen LogP) is 1.23. The Balaban J connectivity index is 2.34. The van der Waals surface area contributed by atoms with E-state index in [1.807, 2.05) is 0 Å². The van der Waals surface area contributed by atoms with Crippen molar-refractivity contribution in [1.82, 2.24) is 0 Å². The van der Waals surface area contributed by atoms with E-state index in [4.69, 9.17) is 0 Å². The molecule has 0 heterocycles. The van der Waals surface area contributed by atoms with Gasteiger partial charge in [0, 0.05) is 0 Å². The number of hydrogen-bond donors (Lipinski definition) is 0. The topological polar surface area (TPSA) is 0 Å². The van der Waals surface area contributed by atoms with Gasteiger partial charge < -0.3 is 0 Å². The van der Waals surface area contributed by atoms with Crippen molar-refractivity contribution in [1.29, 1.82) is 0 Å². The van der Waals surface area contributed by atoms with Crippen LogP contribution in [-0.2, 0) is 0 Å². The second-order valence-electron chi connectivity index (χ2n) is 1.71. The molecule has 0 saturated heterocycles. The molecule has 0 saturated carbocycles. The highest BCUT2D eigenvalue weighted by atomic mass is 13.8. The Morgan fingerprint density at radius 2 is 2.00 bits per heavy atom. The first-order valence-corrected chi connectivity index (χ1v) is 2.91. The molecule has 0 rings (SSSR count). The molecule has 1 heteroatoms. The zero-order chi connectivity index (χ0) is 4.83. The van der Waals surface area contributed by atoms with Crippen LogP contribution in [0, 0.1) is 0 Å². The molecule has 0 nitrogen and oxygen atoms in total. The standard InChI is InChI=1S/C5H13B/c1-2-3-4-5-6/h2-6H2,1H3. The minimum Gasteiger partial charge on any atom is -0.0811 e. The van der Waals surface area contributed by atoms with Crippen LogP contribution in [0.5, 0.6) is 0 Å². The lowest BCUT2D eigenvalue weighted by molar-refractivity contribution is 0.771. The van der Waals surface area contributed by atoms with Gasteiger partial charge in [0.05, 0.1) is 0 Å². The summed E-state index contributed by atoms with van der Waals surface area (Å²) in [5.41, 5.74) is 0. The van der Waals surface area contributed by atoms with Crippen molar-refractivity contribution in [3.05, 3.63) is 0 Å². The van der Waals surface area contributed by atoms with Crippen LogP contribution in [0.1, 0.15) is 26.2 Å². The molecule has 0 aliphatic heterocycles. The normalized spacial score (nSPS) is 8.83. The average Bonchev–Trinajstić information content (AvgIpc) is 1.61. The van der Waals surface area contributed by atoms with Gasteiger partial charge in [0.25, 0.3) is 0 Å². The summed E-state index contributed by atoms with van der Waals surface area (Å²) in [4.78, 5) is 0. The van der Waals surface area contributed by atoms with Crippen LogP contribution in [0.15, 0.2) is 0 Å². The summed E-state index contributed by atoms with van der Waals surface area (Å²) in [6.07, 6.45) is 5.54. The molecule has 36 valence electrons. The van der Waals surface area contributed by atoms with E-state index in [2.05, 4.69) is 14.8 Å². The van der Waals surface area contributed by atoms with Crippen LogP contribution >= 0.6 is 0 Å². The molecule has 0 aromatic carbocycles. The molecule has 0 bridgehead atoms. The molecule has 0 unspecified atom stereocenters. The average molecular weight is 84.0 g/mol. The zero-order valence-electron chi connectivity index (χ0n) is 4.83. The highest BCUT2D eigenvalue weighted by Crippen LogP contribution is 1.94. The zero-order valence-corrected chi connectivity index (χ0v) is 4.83. The van der Waals surface area contributed by atoms with E-state index in [0.717, 1.165) is 0 Å². The summed E-state index contributed by atoms with van der Waals surface area (Å²) in [6.45, 7) is 2.23. The van der Waals surface area contributed by atoms with Crippen molar-refractivity contribution in [2.24, 2.45) is 0 Å². The van der Waals surface area contributed by atoms with Crippen molar-refractivity contribution in [2.75, 3.05) is 0 Å². The number of unbranched alkanes of at least 4 members (excludes halogenated alkanes) is 2. The molecule has 6 heavy (non-hydrogen) atoms. The molecule has 0 aliphatic carbocycles. The maximum absolute atomic E-state index is 2.23. The molecule has 0 fully saturated rings. The summed E-state index contributed by atoms with van der Waals surface area (Å²) < 4.78 is 0. The Morgan fingerprint density at radius 3 is 2.17 bits per heavy atom. The van der Waals surface area contributed by atoms with Gasteiger partial charge in [-0.25, -0.2) is 0 Å². The van der Waals surface area contributed by atoms with Crippen molar-refractivity contribution in [3.8, 4) is 0 Å². The largest absolute Gasteiger partial charge is 0.101 e. The molecule has 0 aromatic heterocycles. The number of hydrogen-bond acceptors (Lipinski definition) is 0. The Bertz CT molecular complexity index is 15.9.